The van der Waals surface area contributed by atoms with E-state index in [2.05, 4.69) is 38.0 Å². The van der Waals surface area contributed by atoms with E-state index in [9.17, 15) is 0 Å². The van der Waals surface area contributed by atoms with Gasteiger partial charge in [0.05, 0.1) is 11.6 Å². The molecule has 0 radical (unpaired) electrons. The molecule has 0 bridgehead atoms. The maximum atomic E-state index is 5.89. The fourth-order valence-corrected chi connectivity index (χ4v) is 1.83. The van der Waals surface area contributed by atoms with Crippen molar-refractivity contribution in [1.29, 1.82) is 0 Å². The summed E-state index contributed by atoms with van der Waals surface area (Å²) >= 11 is 0. The topological polar surface area (TPSA) is 38.1 Å². The molecule has 0 aromatic carbocycles. The summed E-state index contributed by atoms with van der Waals surface area (Å²) in [4.78, 5) is 4.65. The Morgan fingerprint density at radius 1 is 1.20 bits per heavy atom. The van der Waals surface area contributed by atoms with Crippen molar-refractivity contribution in [3.63, 3.8) is 0 Å². The Balaban J connectivity index is 2.30. The highest BCUT2D eigenvalue weighted by atomic mass is 16.4. The molecule has 1 aromatic heterocycles. The van der Waals surface area contributed by atoms with Gasteiger partial charge in [0.25, 0.3) is 0 Å². The van der Waals surface area contributed by atoms with Gasteiger partial charge < -0.3 is 9.73 Å². The van der Waals surface area contributed by atoms with E-state index in [1.165, 1.54) is 0 Å². The Hall–Kier alpha value is -0.830. The Kier molecular flexibility index (Phi) is 2.83. The molecule has 0 aliphatic carbocycles. The summed E-state index contributed by atoms with van der Waals surface area (Å²) in [6.45, 7) is 10.7. The molecule has 1 fully saturated rings. The molecular formula is C12H20N2O. The van der Waals surface area contributed by atoms with Crippen molar-refractivity contribution in [2.45, 2.75) is 45.4 Å². The highest BCUT2D eigenvalue weighted by Crippen LogP contribution is 2.30. The van der Waals surface area contributed by atoms with Crippen LogP contribution in [0, 0.1) is 0 Å². The number of nitrogens with zero attached hydrogens (tertiary/aromatic N) is 1. The molecule has 1 aromatic rings. The van der Waals surface area contributed by atoms with Crippen LogP contribution in [0.5, 0.6) is 0 Å². The predicted octanol–water partition coefficient (Wildman–Crippen LogP) is 2.61. The summed E-state index contributed by atoms with van der Waals surface area (Å²) in [5.74, 6) is 3.38. The van der Waals surface area contributed by atoms with Gasteiger partial charge in [-0.25, -0.2) is 4.98 Å². The van der Waals surface area contributed by atoms with E-state index in [1.54, 1.807) is 0 Å². The Morgan fingerprint density at radius 2 is 1.87 bits per heavy atom. The zero-order valence-corrected chi connectivity index (χ0v) is 10.0. The Labute approximate surface area is 91.3 Å². The summed E-state index contributed by atoms with van der Waals surface area (Å²) in [6, 6.07) is 0. The van der Waals surface area contributed by atoms with Gasteiger partial charge in [0.1, 0.15) is 5.76 Å². The molecule has 2 rings (SSSR count). The molecule has 0 amide bonds. The minimum absolute atomic E-state index is 0.427. The van der Waals surface area contributed by atoms with Gasteiger partial charge in [0.2, 0.25) is 0 Å². The van der Waals surface area contributed by atoms with E-state index in [0.717, 1.165) is 30.4 Å². The van der Waals surface area contributed by atoms with Crippen LogP contribution in [0.3, 0.4) is 0 Å². The lowest BCUT2D eigenvalue weighted by Gasteiger charge is -2.23. The largest absolute Gasteiger partial charge is 0.445 e. The van der Waals surface area contributed by atoms with E-state index in [0.29, 0.717) is 17.8 Å². The zero-order valence-electron chi connectivity index (χ0n) is 10.0. The average Bonchev–Trinajstić information content (AvgIpc) is 2.45. The second-order valence-electron chi connectivity index (χ2n) is 4.97. The smallest absolute Gasteiger partial charge is 0.200 e. The van der Waals surface area contributed by atoms with Crippen molar-refractivity contribution in [3.05, 3.63) is 17.3 Å². The maximum absolute atomic E-state index is 5.89. The van der Waals surface area contributed by atoms with E-state index in [-0.39, 0.29) is 0 Å². The van der Waals surface area contributed by atoms with Gasteiger partial charge in [0, 0.05) is 19.0 Å². The van der Waals surface area contributed by atoms with Gasteiger partial charge in [-0.1, -0.05) is 27.7 Å². The first-order valence-electron chi connectivity index (χ1n) is 5.80. The van der Waals surface area contributed by atoms with Crippen LogP contribution in [0.15, 0.2) is 4.42 Å². The highest BCUT2D eigenvalue weighted by molar-refractivity contribution is 5.19. The first-order chi connectivity index (χ1) is 7.09. The lowest BCUT2D eigenvalue weighted by molar-refractivity contribution is 0.340. The van der Waals surface area contributed by atoms with Gasteiger partial charge in [0.15, 0.2) is 5.89 Å². The van der Waals surface area contributed by atoms with Gasteiger partial charge in [-0.3, -0.25) is 0 Å². The molecule has 0 saturated carbocycles. The fraction of sp³-hybridized carbons (Fsp3) is 0.750. The number of nitrogens with one attached hydrogen (secondary N) is 1. The van der Waals surface area contributed by atoms with Crippen molar-refractivity contribution in [1.82, 2.24) is 10.3 Å². The summed E-state index contributed by atoms with van der Waals surface area (Å²) in [6.07, 6.45) is 0. The minimum atomic E-state index is 0.427. The van der Waals surface area contributed by atoms with Crippen LogP contribution < -0.4 is 5.32 Å². The molecule has 0 spiro atoms. The van der Waals surface area contributed by atoms with Crippen LogP contribution in [0.4, 0.5) is 0 Å². The third-order valence-corrected chi connectivity index (χ3v) is 2.90. The minimum Gasteiger partial charge on any atom is -0.445 e. The normalized spacial score (nSPS) is 17.5. The predicted molar refractivity (Wildman–Crippen MR) is 60.3 cm³/mol. The van der Waals surface area contributed by atoms with E-state index in [4.69, 9.17) is 4.42 Å². The molecule has 1 aliphatic rings. The van der Waals surface area contributed by atoms with Gasteiger partial charge >= 0.3 is 0 Å². The molecule has 2 heterocycles. The molecule has 84 valence electrons. The lowest BCUT2D eigenvalue weighted by atomic mass is 10.0. The summed E-state index contributed by atoms with van der Waals surface area (Å²) in [7, 11) is 0. The molecular weight excluding hydrogens is 188 g/mol. The quantitative estimate of drug-likeness (QED) is 0.829. The monoisotopic (exact) mass is 208 g/mol. The first kappa shape index (κ1) is 10.7. The molecule has 0 atom stereocenters. The third-order valence-electron chi connectivity index (χ3n) is 2.90. The standard InChI is InChI=1S/C12H20N2O/c1-7(2)10-11(8(3)4)15-12(14-10)9-5-13-6-9/h7-9,13H,5-6H2,1-4H3. The molecule has 3 heteroatoms. The van der Waals surface area contributed by atoms with Crippen LogP contribution in [0.2, 0.25) is 0 Å². The highest BCUT2D eigenvalue weighted by Gasteiger charge is 2.27. The zero-order chi connectivity index (χ0) is 11.0. The van der Waals surface area contributed by atoms with E-state index < -0.39 is 0 Å². The van der Waals surface area contributed by atoms with E-state index >= 15 is 0 Å². The van der Waals surface area contributed by atoms with Crippen molar-refractivity contribution in [2.24, 2.45) is 0 Å². The number of hydrogen-bond acceptors (Lipinski definition) is 3. The SMILES string of the molecule is CC(C)c1nc(C2CNC2)oc1C(C)C. The molecule has 1 saturated heterocycles. The van der Waals surface area contributed by atoms with Crippen LogP contribution in [-0.2, 0) is 0 Å². The maximum Gasteiger partial charge on any atom is 0.200 e. The second-order valence-corrected chi connectivity index (χ2v) is 4.97. The number of hydrogen-bond donors (Lipinski definition) is 1. The number of oxazole rings is 1. The molecule has 15 heavy (non-hydrogen) atoms. The van der Waals surface area contributed by atoms with Crippen LogP contribution in [0.25, 0.3) is 0 Å². The number of aromatic nitrogens is 1. The third kappa shape index (κ3) is 1.93. The Bertz CT molecular complexity index is 312. The van der Waals surface area contributed by atoms with E-state index in [1.807, 2.05) is 0 Å². The van der Waals surface area contributed by atoms with Crippen LogP contribution in [0.1, 0.15) is 62.8 Å². The van der Waals surface area contributed by atoms with Crippen molar-refractivity contribution in [2.75, 3.05) is 13.1 Å². The summed E-state index contributed by atoms with van der Waals surface area (Å²) in [5, 5.41) is 3.25. The van der Waals surface area contributed by atoms with Crippen LogP contribution in [-0.4, -0.2) is 18.1 Å². The van der Waals surface area contributed by atoms with Gasteiger partial charge in [-0.05, 0) is 5.92 Å². The van der Waals surface area contributed by atoms with Crippen LogP contribution >= 0.6 is 0 Å². The average molecular weight is 208 g/mol. The summed E-state index contributed by atoms with van der Waals surface area (Å²) < 4.78 is 5.89. The molecule has 1 N–H and O–H groups in total. The van der Waals surface area contributed by atoms with Crippen molar-refractivity contribution < 1.29 is 4.42 Å². The molecule has 0 unspecified atom stereocenters. The number of rotatable bonds is 3. The molecule has 1 aliphatic heterocycles. The molecule has 3 nitrogen and oxygen atoms in total. The second kappa shape index (κ2) is 3.97. The van der Waals surface area contributed by atoms with Crippen molar-refractivity contribution >= 4 is 0 Å². The van der Waals surface area contributed by atoms with Crippen molar-refractivity contribution in [3.8, 4) is 0 Å². The van der Waals surface area contributed by atoms with Gasteiger partial charge in [-0.2, -0.15) is 0 Å². The fourth-order valence-electron chi connectivity index (χ4n) is 1.83. The summed E-state index contributed by atoms with van der Waals surface area (Å²) in [5.41, 5.74) is 1.15. The van der Waals surface area contributed by atoms with Gasteiger partial charge in [-0.15, -0.1) is 0 Å². The first-order valence-corrected chi connectivity index (χ1v) is 5.80. The lowest BCUT2D eigenvalue weighted by Crippen LogP contribution is -2.40. The Morgan fingerprint density at radius 3 is 2.20 bits per heavy atom.